The number of rotatable bonds is 4. The fourth-order valence-electron chi connectivity index (χ4n) is 2.43. The number of hydrogen-bond donors (Lipinski definition) is 2. The lowest BCUT2D eigenvalue weighted by Crippen LogP contribution is -1.89. The van der Waals surface area contributed by atoms with Crippen LogP contribution in [0.3, 0.4) is 0 Å². The fraction of sp³-hybridized carbons (Fsp3) is 0.333. The van der Waals surface area contributed by atoms with E-state index in [9.17, 15) is 10.2 Å². The normalized spacial score (nSPS) is 10.9. The lowest BCUT2D eigenvalue weighted by molar-refractivity contribution is 0.463. The van der Waals surface area contributed by atoms with Crippen molar-refractivity contribution in [2.45, 2.75) is 50.3 Å². The van der Waals surface area contributed by atoms with Crippen LogP contribution in [0.25, 0.3) is 0 Å². The van der Waals surface area contributed by atoms with Gasteiger partial charge in [0.25, 0.3) is 0 Å². The number of hydrogen-bond acceptors (Lipinski definition) is 3. The maximum Gasteiger partial charge on any atom is 0.121 e. The van der Waals surface area contributed by atoms with Crippen LogP contribution in [0.4, 0.5) is 0 Å². The molecule has 0 atom stereocenters. The van der Waals surface area contributed by atoms with Gasteiger partial charge in [-0.3, -0.25) is 0 Å². The molecule has 2 rings (SSSR count). The molecule has 0 aliphatic carbocycles. The van der Waals surface area contributed by atoms with Crippen molar-refractivity contribution in [3.8, 4) is 11.5 Å². The standard InChI is InChI=1S/C18H22O2S/c1-5-13-9-15(7-11(3)17(13)19)21-16-8-12(4)18(20)14(6-2)10-16/h7-10,19-20H,5-6H2,1-4H3. The van der Waals surface area contributed by atoms with E-state index >= 15 is 0 Å². The Hall–Kier alpha value is -1.61. The predicted octanol–water partition coefficient (Wildman–Crippen LogP) is 4.99. The molecule has 0 radical (unpaired) electrons. The molecular weight excluding hydrogens is 280 g/mol. The van der Waals surface area contributed by atoms with Gasteiger partial charge in [0.1, 0.15) is 11.5 Å². The number of aromatic hydroxyl groups is 2. The summed E-state index contributed by atoms with van der Waals surface area (Å²) in [7, 11) is 0. The summed E-state index contributed by atoms with van der Waals surface area (Å²) in [4.78, 5) is 2.24. The first kappa shape index (κ1) is 15.8. The first-order valence-electron chi connectivity index (χ1n) is 7.29. The van der Waals surface area contributed by atoms with Gasteiger partial charge < -0.3 is 10.2 Å². The van der Waals surface area contributed by atoms with Gasteiger partial charge in [-0.05, 0) is 73.2 Å². The molecule has 0 unspecified atom stereocenters. The summed E-state index contributed by atoms with van der Waals surface area (Å²) >= 11 is 1.67. The number of benzene rings is 2. The zero-order valence-corrected chi connectivity index (χ0v) is 13.8. The van der Waals surface area contributed by atoms with E-state index in [0.717, 1.165) is 44.9 Å². The van der Waals surface area contributed by atoms with Crippen LogP contribution in [0, 0.1) is 13.8 Å². The molecule has 3 heteroatoms. The van der Waals surface area contributed by atoms with E-state index in [2.05, 4.69) is 0 Å². The average Bonchev–Trinajstić information content (AvgIpc) is 2.46. The molecule has 2 N–H and O–H groups in total. The summed E-state index contributed by atoms with van der Waals surface area (Å²) in [5, 5.41) is 20.0. The van der Waals surface area contributed by atoms with Crippen molar-refractivity contribution in [3.05, 3.63) is 46.5 Å². The number of aryl methyl sites for hydroxylation is 4. The molecule has 0 saturated carbocycles. The van der Waals surface area contributed by atoms with Crippen LogP contribution < -0.4 is 0 Å². The van der Waals surface area contributed by atoms with Gasteiger partial charge >= 0.3 is 0 Å². The van der Waals surface area contributed by atoms with Gasteiger partial charge in [0, 0.05) is 9.79 Å². The van der Waals surface area contributed by atoms with Gasteiger partial charge in [-0.1, -0.05) is 25.6 Å². The zero-order valence-electron chi connectivity index (χ0n) is 13.0. The molecule has 0 spiro atoms. The Labute approximate surface area is 130 Å². The van der Waals surface area contributed by atoms with Crippen molar-refractivity contribution < 1.29 is 10.2 Å². The highest BCUT2D eigenvalue weighted by molar-refractivity contribution is 7.99. The third-order valence-electron chi connectivity index (χ3n) is 3.70. The number of phenolic OH excluding ortho intramolecular Hbond substituents is 2. The van der Waals surface area contributed by atoms with E-state index in [0.29, 0.717) is 11.5 Å². The maximum atomic E-state index is 10.0. The molecule has 112 valence electrons. The van der Waals surface area contributed by atoms with Crippen molar-refractivity contribution in [2.24, 2.45) is 0 Å². The molecule has 0 aliphatic heterocycles. The van der Waals surface area contributed by atoms with Crippen LogP contribution in [0.15, 0.2) is 34.1 Å². The summed E-state index contributed by atoms with van der Waals surface area (Å²) in [6, 6.07) is 8.10. The molecule has 21 heavy (non-hydrogen) atoms. The van der Waals surface area contributed by atoms with Crippen LogP contribution in [0.2, 0.25) is 0 Å². The molecule has 2 aromatic rings. The van der Waals surface area contributed by atoms with Crippen LogP contribution in [0.1, 0.15) is 36.1 Å². The Morgan fingerprint density at radius 2 is 1.14 bits per heavy atom. The van der Waals surface area contributed by atoms with Gasteiger partial charge in [0.15, 0.2) is 0 Å². The van der Waals surface area contributed by atoms with Gasteiger partial charge in [0.2, 0.25) is 0 Å². The van der Waals surface area contributed by atoms with Gasteiger partial charge in [-0.15, -0.1) is 0 Å². The highest BCUT2D eigenvalue weighted by Crippen LogP contribution is 2.36. The quantitative estimate of drug-likeness (QED) is 0.836. The van der Waals surface area contributed by atoms with Crippen molar-refractivity contribution >= 4 is 11.8 Å². The summed E-state index contributed by atoms with van der Waals surface area (Å²) in [5.41, 5.74) is 3.76. The fourth-order valence-corrected chi connectivity index (χ4v) is 3.57. The topological polar surface area (TPSA) is 40.5 Å². The zero-order chi connectivity index (χ0) is 15.6. The summed E-state index contributed by atoms with van der Waals surface area (Å²) < 4.78 is 0. The van der Waals surface area contributed by atoms with Gasteiger partial charge in [0.05, 0.1) is 0 Å². The second-order valence-electron chi connectivity index (χ2n) is 5.30. The Morgan fingerprint density at radius 3 is 1.48 bits per heavy atom. The largest absolute Gasteiger partial charge is 0.507 e. The Kier molecular flexibility index (Phi) is 4.84. The van der Waals surface area contributed by atoms with Crippen molar-refractivity contribution in [1.82, 2.24) is 0 Å². The molecule has 2 aromatic carbocycles. The summed E-state index contributed by atoms with van der Waals surface area (Å²) in [6.45, 7) is 7.95. The van der Waals surface area contributed by atoms with Crippen molar-refractivity contribution in [1.29, 1.82) is 0 Å². The minimum absolute atomic E-state index is 0.401. The third kappa shape index (κ3) is 3.35. The average molecular weight is 302 g/mol. The molecule has 0 saturated heterocycles. The molecule has 2 nitrogen and oxygen atoms in total. The second-order valence-corrected chi connectivity index (χ2v) is 6.45. The van der Waals surface area contributed by atoms with Crippen molar-refractivity contribution in [2.75, 3.05) is 0 Å². The van der Waals surface area contributed by atoms with E-state index in [4.69, 9.17) is 0 Å². The molecule has 0 amide bonds. The Balaban J connectivity index is 2.38. The minimum Gasteiger partial charge on any atom is -0.507 e. The minimum atomic E-state index is 0.401. The molecule has 0 heterocycles. The second kappa shape index (κ2) is 6.44. The van der Waals surface area contributed by atoms with E-state index in [-0.39, 0.29) is 0 Å². The Bertz CT molecular complexity index is 605. The molecular formula is C18H22O2S. The predicted molar refractivity (Wildman–Crippen MR) is 88.6 cm³/mol. The maximum absolute atomic E-state index is 10.0. The summed E-state index contributed by atoms with van der Waals surface area (Å²) in [6.07, 6.45) is 1.63. The summed E-state index contributed by atoms with van der Waals surface area (Å²) in [5.74, 6) is 0.802. The Morgan fingerprint density at radius 1 is 0.762 bits per heavy atom. The third-order valence-corrected chi connectivity index (χ3v) is 4.65. The smallest absolute Gasteiger partial charge is 0.121 e. The van der Waals surface area contributed by atoms with Gasteiger partial charge in [-0.25, -0.2) is 0 Å². The molecule has 0 bridgehead atoms. The van der Waals surface area contributed by atoms with Gasteiger partial charge in [-0.2, -0.15) is 0 Å². The monoisotopic (exact) mass is 302 g/mol. The highest BCUT2D eigenvalue weighted by Gasteiger charge is 2.10. The molecule has 0 aromatic heterocycles. The highest BCUT2D eigenvalue weighted by atomic mass is 32.2. The van der Waals surface area contributed by atoms with E-state index in [1.54, 1.807) is 11.8 Å². The molecule has 0 aliphatic rings. The van der Waals surface area contributed by atoms with E-state index in [1.807, 2.05) is 52.0 Å². The van der Waals surface area contributed by atoms with Crippen LogP contribution in [-0.2, 0) is 12.8 Å². The van der Waals surface area contributed by atoms with E-state index in [1.165, 1.54) is 0 Å². The first-order chi connectivity index (χ1) is 9.96. The van der Waals surface area contributed by atoms with Crippen LogP contribution in [0.5, 0.6) is 11.5 Å². The first-order valence-corrected chi connectivity index (χ1v) is 8.10. The van der Waals surface area contributed by atoms with Crippen molar-refractivity contribution in [3.63, 3.8) is 0 Å². The van der Waals surface area contributed by atoms with E-state index < -0.39 is 0 Å². The SMILES string of the molecule is CCc1cc(Sc2cc(C)c(O)c(CC)c2)cc(C)c1O. The lowest BCUT2D eigenvalue weighted by Gasteiger charge is -2.12. The van der Waals surface area contributed by atoms with Crippen LogP contribution >= 0.6 is 11.8 Å². The number of phenols is 2. The lowest BCUT2D eigenvalue weighted by atomic mass is 10.1. The molecule has 0 fully saturated rings. The van der Waals surface area contributed by atoms with Crippen LogP contribution in [-0.4, -0.2) is 10.2 Å².